The van der Waals surface area contributed by atoms with Crippen LogP contribution in [-0.4, -0.2) is 60.7 Å². The van der Waals surface area contributed by atoms with E-state index in [-0.39, 0.29) is 31.9 Å². The van der Waals surface area contributed by atoms with Gasteiger partial charge in [-0.15, -0.1) is 0 Å². The van der Waals surface area contributed by atoms with Crippen molar-refractivity contribution in [2.24, 2.45) is 10.7 Å². The Hall–Kier alpha value is -5.97. The van der Waals surface area contributed by atoms with Gasteiger partial charge in [-0.1, -0.05) is 54.6 Å². The largest absolute Gasteiger partial charge is 0.497 e. The summed E-state index contributed by atoms with van der Waals surface area (Å²) in [6, 6.07) is 29.2. The molecule has 0 fully saturated rings. The summed E-state index contributed by atoms with van der Waals surface area (Å²) in [5.74, 6) is -0.116. The molecule has 4 N–H and O–H groups in total. The van der Waals surface area contributed by atoms with Crippen LogP contribution in [0.5, 0.6) is 17.2 Å². The van der Waals surface area contributed by atoms with Gasteiger partial charge in [-0.2, -0.15) is 4.99 Å². The maximum atomic E-state index is 13.3. The molecule has 0 spiro atoms. The number of nitrogens with two attached hydrogens (primary N) is 1. The fourth-order valence-corrected chi connectivity index (χ4v) is 4.97. The van der Waals surface area contributed by atoms with E-state index in [0.29, 0.717) is 33.9 Å². The zero-order valence-corrected chi connectivity index (χ0v) is 25.1. The summed E-state index contributed by atoms with van der Waals surface area (Å²) in [5.41, 5.74) is 8.25. The van der Waals surface area contributed by atoms with Gasteiger partial charge in [0.1, 0.15) is 23.3 Å². The summed E-state index contributed by atoms with van der Waals surface area (Å²) in [6.45, 7) is 0.00488. The summed E-state index contributed by atoms with van der Waals surface area (Å²) in [5, 5.41) is 5.62. The number of carbonyl (C=O) groups is 4. The van der Waals surface area contributed by atoms with Crippen LogP contribution in [0.3, 0.4) is 0 Å². The molecule has 1 atom stereocenters. The van der Waals surface area contributed by atoms with Gasteiger partial charge in [-0.05, 0) is 59.7 Å². The number of hydrogen-bond donors (Lipinski definition) is 3. The van der Waals surface area contributed by atoms with Crippen LogP contribution >= 0.6 is 0 Å². The number of guanidine groups is 1. The minimum Gasteiger partial charge on any atom is -0.497 e. The standard InChI is InChI=1S/C35H33N5O6/c1-45-25-16-14-23(15-17-25)21-30(32(42)37-18-19-40-33(43)28-12-5-6-13-29(28)34(40)44)38-35(36)39-31(41)22-24-8-7-11-27(20-24)46-26-9-3-2-4-10-26/h2-17,20,30H,18-19,21-22H2,1H3,(H,37,42)(H3,36,38,39,41). The van der Waals surface area contributed by atoms with Crippen molar-refractivity contribution < 1.29 is 28.7 Å². The minimum atomic E-state index is -0.922. The molecule has 0 aromatic heterocycles. The molecule has 0 radical (unpaired) electrons. The fraction of sp³-hybridized carbons (Fsp3) is 0.171. The number of para-hydroxylation sites is 1. The third-order valence-electron chi connectivity index (χ3n) is 7.23. The molecule has 1 aliphatic rings. The van der Waals surface area contributed by atoms with E-state index in [1.807, 2.05) is 42.5 Å². The van der Waals surface area contributed by atoms with E-state index < -0.39 is 29.7 Å². The van der Waals surface area contributed by atoms with Crippen LogP contribution in [-0.2, 0) is 22.4 Å². The van der Waals surface area contributed by atoms with E-state index in [2.05, 4.69) is 15.6 Å². The Morgan fingerprint density at radius 1 is 0.804 bits per heavy atom. The zero-order chi connectivity index (χ0) is 32.5. The quantitative estimate of drug-likeness (QED) is 0.124. The summed E-state index contributed by atoms with van der Waals surface area (Å²) in [7, 11) is 1.56. The number of carbonyl (C=O) groups excluding carboxylic acids is 4. The number of imide groups is 1. The van der Waals surface area contributed by atoms with E-state index in [9.17, 15) is 19.2 Å². The number of rotatable bonds is 12. The van der Waals surface area contributed by atoms with Gasteiger partial charge in [-0.25, -0.2) is 0 Å². The number of benzene rings is 4. The summed E-state index contributed by atoms with van der Waals surface area (Å²) < 4.78 is 11.1. The molecular formula is C35H33N5O6. The van der Waals surface area contributed by atoms with Crippen LogP contribution in [0.4, 0.5) is 0 Å². The lowest BCUT2D eigenvalue weighted by Crippen LogP contribution is -2.51. The van der Waals surface area contributed by atoms with Gasteiger partial charge in [0, 0.05) is 19.5 Å². The number of amides is 4. The van der Waals surface area contributed by atoms with E-state index in [0.717, 1.165) is 10.5 Å². The normalized spacial score (nSPS) is 13.2. The van der Waals surface area contributed by atoms with Crippen molar-refractivity contribution >= 4 is 29.6 Å². The molecule has 11 nitrogen and oxygen atoms in total. The van der Waals surface area contributed by atoms with Crippen molar-refractivity contribution in [3.8, 4) is 17.2 Å². The second-order valence-electron chi connectivity index (χ2n) is 10.5. The lowest BCUT2D eigenvalue weighted by Gasteiger charge is -2.20. The van der Waals surface area contributed by atoms with Gasteiger partial charge in [-0.3, -0.25) is 24.1 Å². The van der Waals surface area contributed by atoms with Gasteiger partial charge >= 0.3 is 0 Å². The molecular weight excluding hydrogens is 586 g/mol. The lowest BCUT2D eigenvalue weighted by atomic mass is 10.1. The smallest absolute Gasteiger partial charge is 0.261 e. The highest BCUT2D eigenvalue weighted by Gasteiger charge is 2.34. The third kappa shape index (κ3) is 7.94. The number of methoxy groups -OCH3 is 1. The first-order valence-electron chi connectivity index (χ1n) is 14.6. The van der Waals surface area contributed by atoms with Gasteiger partial charge in [0.15, 0.2) is 5.96 Å². The van der Waals surface area contributed by atoms with Gasteiger partial charge in [0.25, 0.3) is 17.7 Å². The second kappa shape index (κ2) is 14.7. The molecule has 1 heterocycles. The Morgan fingerprint density at radius 2 is 1.46 bits per heavy atom. The Balaban J connectivity index is 1.22. The van der Waals surface area contributed by atoms with Crippen molar-refractivity contribution in [2.75, 3.05) is 20.2 Å². The first-order valence-corrected chi connectivity index (χ1v) is 14.6. The zero-order valence-electron chi connectivity index (χ0n) is 25.1. The maximum absolute atomic E-state index is 13.3. The molecule has 5 rings (SSSR count). The van der Waals surface area contributed by atoms with Crippen molar-refractivity contribution in [3.63, 3.8) is 0 Å². The van der Waals surface area contributed by atoms with Crippen LogP contribution in [0.15, 0.2) is 108 Å². The van der Waals surface area contributed by atoms with Crippen LogP contribution in [0, 0.1) is 0 Å². The third-order valence-corrected chi connectivity index (χ3v) is 7.23. The monoisotopic (exact) mass is 619 g/mol. The highest BCUT2D eigenvalue weighted by molar-refractivity contribution is 6.21. The number of hydrogen-bond acceptors (Lipinski definition) is 6. The molecule has 4 aromatic rings. The molecule has 0 aliphatic carbocycles. The number of ether oxygens (including phenoxy) is 2. The average molecular weight is 620 g/mol. The molecule has 1 aliphatic heterocycles. The molecule has 0 bridgehead atoms. The van der Waals surface area contributed by atoms with Crippen molar-refractivity contribution in [2.45, 2.75) is 18.9 Å². The number of nitrogens with zero attached hydrogens (tertiary/aromatic N) is 2. The van der Waals surface area contributed by atoms with E-state index in [4.69, 9.17) is 15.2 Å². The Kier molecular flexibility index (Phi) is 10.0. The van der Waals surface area contributed by atoms with Crippen LogP contribution in [0.25, 0.3) is 0 Å². The number of nitrogens with one attached hydrogen (secondary N) is 2. The van der Waals surface area contributed by atoms with Crippen LogP contribution < -0.4 is 25.8 Å². The maximum Gasteiger partial charge on any atom is 0.261 e. The SMILES string of the molecule is COc1ccc(CC(NC(N)=NC(=O)Cc2cccc(Oc3ccccc3)c2)C(=O)NCCN2C(=O)c3ccccc3C2=O)cc1. The van der Waals surface area contributed by atoms with E-state index >= 15 is 0 Å². The first kappa shape index (κ1) is 31.5. The lowest BCUT2D eigenvalue weighted by molar-refractivity contribution is -0.123. The van der Waals surface area contributed by atoms with Crippen molar-refractivity contribution in [3.05, 3.63) is 125 Å². The molecule has 0 saturated carbocycles. The Bertz CT molecular complexity index is 1720. The Labute approximate surface area is 266 Å². The Morgan fingerprint density at radius 3 is 2.13 bits per heavy atom. The van der Waals surface area contributed by atoms with E-state index in [1.54, 1.807) is 67.8 Å². The molecule has 0 saturated heterocycles. The second-order valence-corrected chi connectivity index (χ2v) is 10.5. The van der Waals surface area contributed by atoms with Gasteiger partial charge < -0.3 is 25.8 Å². The van der Waals surface area contributed by atoms with E-state index in [1.165, 1.54) is 0 Å². The molecule has 4 aromatic carbocycles. The number of aliphatic imine (C=N–C) groups is 1. The van der Waals surface area contributed by atoms with Gasteiger partial charge in [0.05, 0.1) is 24.7 Å². The minimum absolute atomic E-state index is 0.0115. The molecule has 1 unspecified atom stereocenters. The molecule has 234 valence electrons. The highest BCUT2D eigenvalue weighted by atomic mass is 16.5. The fourth-order valence-electron chi connectivity index (χ4n) is 4.97. The van der Waals surface area contributed by atoms with Crippen molar-refractivity contribution in [1.29, 1.82) is 0 Å². The molecule has 46 heavy (non-hydrogen) atoms. The van der Waals surface area contributed by atoms with Crippen LogP contribution in [0.1, 0.15) is 31.8 Å². The summed E-state index contributed by atoms with van der Waals surface area (Å²) >= 11 is 0. The first-order chi connectivity index (χ1) is 22.3. The average Bonchev–Trinajstić information content (AvgIpc) is 3.30. The summed E-state index contributed by atoms with van der Waals surface area (Å²) in [4.78, 5) is 56.6. The van der Waals surface area contributed by atoms with Crippen molar-refractivity contribution in [1.82, 2.24) is 15.5 Å². The highest BCUT2D eigenvalue weighted by Crippen LogP contribution is 2.23. The predicted molar refractivity (Wildman–Crippen MR) is 172 cm³/mol. The molecule has 4 amide bonds. The molecule has 11 heteroatoms. The van der Waals surface area contributed by atoms with Crippen LogP contribution in [0.2, 0.25) is 0 Å². The topological polar surface area (TPSA) is 152 Å². The predicted octanol–water partition coefficient (Wildman–Crippen LogP) is 3.48. The van der Waals surface area contributed by atoms with Gasteiger partial charge in [0.2, 0.25) is 5.91 Å². The summed E-state index contributed by atoms with van der Waals surface area (Å²) in [6.07, 6.45) is 0.163. The number of fused-ring (bicyclic) bond motifs is 1.